The van der Waals surface area contributed by atoms with Gasteiger partial charge in [-0.3, -0.25) is 4.79 Å². The molecular weight excluding hydrogens is 322 g/mol. The SMILES string of the molecule is CCCCO[C@H](C)C(=O)Nc1cc(OC)c(C(=O)OC)cc1Cl. The maximum atomic E-state index is 12.1. The summed E-state index contributed by atoms with van der Waals surface area (Å²) in [4.78, 5) is 23.8. The first-order chi connectivity index (χ1) is 10.9. The molecule has 0 saturated carbocycles. The Balaban J connectivity index is 2.88. The lowest BCUT2D eigenvalue weighted by molar-refractivity contribution is -0.126. The predicted molar refractivity (Wildman–Crippen MR) is 88.3 cm³/mol. The fourth-order valence-corrected chi connectivity index (χ4v) is 2.01. The van der Waals surface area contributed by atoms with E-state index >= 15 is 0 Å². The Labute approximate surface area is 141 Å². The van der Waals surface area contributed by atoms with Gasteiger partial charge in [0.15, 0.2) is 0 Å². The molecule has 128 valence electrons. The van der Waals surface area contributed by atoms with Crippen LogP contribution in [0.25, 0.3) is 0 Å². The predicted octanol–water partition coefficient (Wildman–Crippen LogP) is 3.28. The van der Waals surface area contributed by atoms with Crippen molar-refractivity contribution in [2.75, 3.05) is 26.1 Å². The van der Waals surface area contributed by atoms with E-state index in [2.05, 4.69) is 10.1 Å². The second-order valence-electron chi connectivity index (χ2n) is 4.88. The van der Waals surface area contributed by atoms with Crippen molar-refractivity contribution in [3.63, 3.8) is 0 Å². The molecule has 0 aliphatic carbocycles. The molecule has 1 aromatic carbocycles. The number of anilines is 1. The molecule has 0 radical (unpaired) electrons. The van der Waals surface area contributed by atoms with Crippen LogP contribution in [0.5, 0.6) is 5.75 Å². The number of benzene rings is 1. The highest BCUT2D eigenvalue weighted by Crippen LogP contribution is 2.31. The van der Waals surface area contributed by atoms with Crippen LogP contribution in [0.4, 0.5) is 5.69 Å². The van der Waals surface area contributed by atoms with Crippen molar-refractivity contribution in [2.24, 2.45) is 0 Å². The first-order valence-corrected chi connectivity index (χ1v) is 7.70. The van der Waals surface area contributed by atoms with Gasteiger partial charge in [0.2, 0.25) is 0 Å². The Bertz CT molecular complexity index is 562. The minimum atomic E-state index is -0.608. The zero-order valence-corrected chi connectivity index (χ0v) is 14.5. The Morgan fingerprint density at radius 1 is 1.30 bits per heavy atom. The Hall–Kier alpha value is -1.79. The molecule has 0 spiro atoms. The number of nitrogens with one attached hydrogen (secondary N) is 1. The number of hydrogen-bond acceptors (Lipinski definition) is 5. The van der Waals surface area contributed by atoms with E-state index in [1.807, 2.05) is 6.92 Å². The minimum absolute atomic E-state index is 0.185. The molecule has 0 aliphatic heterocycles. The molecule has 1 aromatic rings. The van der Waals surface area contributed by atoms with Crippen molar-refractivity contribution < 1.29 is 23.8 Å². The van der Waals surface area contributed by atoms with Crippen molar-refractivity contribution in [3.05, 3.63) is 22.7 Å². The summed E-state index contributed by atoms with van der Waals surface area (Å²) in [6.07, 6.45) is 1.27. The topological polar surface area (TPSA) is 73.9 Å². The molecule has 6 nitrogen and oxygen atoms in total. The normalized spacial score (nSPS) is 11.7. The summed E-state index contributed by atoms with van der Waals surface area (Å²) in [5.41, 5.74) is 0.525. The summed E-state index contributed by atoms with van der Waals surface area (Å²) in [5.74, 6) is -0.634. The second-order valence-corrected chi connectivity index (χ2v) is 5.29. The zero-order chi connectivity index (χ0) is 17.4. The van der Waals surface area contributed by atoms with Gasteiger partial charge in [0, 0.05) is 12.7 Å². The third-order valence-electron chi connectivity index (χ3n) is 3.19. The van der Waals surface area contributed by atoms with E-state index < -0.39 is 12.1 Å². The first kappa shape index (κ1) is 19.3. The van der Waals surface area contributed by atoms with Crippen molar-refractivity contribution in [1.29, 1.82) is 0 Å². The summed E-state index contributed by atoms with van der Waals surface area (Å²) in [6, 6.07) is 2.87. The van der Waals surface area contributed by atoms with Gasteiger partial charge in [-0.1, -0.05) is 24.9 Å². The van der Waals surface area contributed by atoms with Crippen molar-refractivity contribution in [1.82, 2.24) is 0 Å². The van der Waals surface area contributed by atoms with Crippen LogP contribution in [-0.4, -0.2) is 38.8 Å². The Morgan fingerprint density at radius 2 is 2.00 bits per heavy atom. The minimum Gasteiger partial charge on any atom is -0.496 e. The number of unbranched alkanes of at least 4 members (excludes halogenated alkanes) is 1. The number of ether oxygens (including phenoxy) is 3. The molecule has 0 saturated heterocycles. The third-order valence-corrected chi connectivity index (χ3v) is 3.50. The van der Waals surface area contributed by atoms with Gasteiger partial charge in [-0.2, -0.15) is 0 Å². The van der Waals surface area contributed by atoms with E-state index in [9.17, 15) is 9.59 Å². The standard InChI is InChI=1S/C16H22ClNO5/c1-5-6-7-23-10(2)15(19)18-13-9-14(21-3)11(8-12(13)17)16(20)22-4/h8-10H,5-7H2,1-4H3,(H,18,19)/t10-/m1/s1. The number of halogens is 1. The maximum Gasteiger partial charge on any atom is 0.341 e. The fourth-order valence-electron chi connectivity index (χ4n) is 1.80. The molecule has 0 aliphatic rings. The lowest BCUT2D eigenvalue weighted by Gasteiger charge is -2.15. The Kier molecular flexibility index (Phi) is 7.85. The van der Waals surface area contributed by atoms with Crippen molar-refractivity contribution in [2.45, 2.75) is 32.8 Å². The van der Waals surface area contributed by atoms with E-state index in [1.54, 1.807) is 6.92 Å². The molecule has 1 amide bonds. The van der Waals surface area contributed by atoms with Crippen LogP contribution >= 0.6 is 11.6 Å². The average Bonchev–Trinajstić information content (AvgIpc) is 2.55. The lowest BCUT2D eigenvalue weighted by atomic mass is 10.1. The van der Waals surface area contributed by atoms with E-state index in [-0.39, 0.29) is 22.2 Å². The monoisotopic (exact) mass is 343 g/mol. The summed E-state index contributed by atoms with van der Waals surface area (Å²) < 4.78 is 15.2. The number of amides is 1. The molecule has 1 rings (SSSR count). The van der Waals surface area contributed by atoms with Gasteiger partial charge in [0.05, 0.1) is 24.9 Å². The lowest BCUT2D eigenvalue weighted by Crippen LogP contribution is -2.28. The summed E-state index contributed by atoms with van der Waals surface area (Å²) in [5, 5.41) is 2.88. The molecule has 23 heavy (non-hydrogen) atoms. The molecule has 0 unspecified atom stereocenters. The van der Waals surface area contributed by atoms with Crippen LogP contribution in [0.2, 0.25) is 5.02 Å². The van der Waals surface area contributed by atoms with Gasteiger partial charge < -0.3 is 19.5 Å². The van der Waals surface area contributed by atoms with Crippen LogP contribution in [0.1, 0.15) is 37.0 Å². The van der Waals surface area contributed by atoms with Crippen LogP contribution in [0, 0.1) is 0 Å². The van der Waals surface area contributed by atoms with Gasteiger partial charge >= 0.3 is 5.97 Å². The molecule has 0 heterocycles. The molecule has 1 N–H and O–H groups in total. The van der Waals surface area contributed by atoms with Crippen LogP contribution in [0.3, 0.4) is 0 Å². The molecule has 0 bridgehead atoms. The largest absolute Gasteiger partial charge is 0.496 e. The van der Waals surface area contributed by atoms with E-state index in [1.165, 1.54) is 26.4 Å². The Morgan fingerprint density at radius 3 is 2.57 bits per heavy atom. The molecule has 7 heteroatoms. The van der Waals surface area contributed by atoms with E-state index in [4.69, 9.17) is 21.1 Å². The van der Waals surface area contributed by atoms with Gasteiger partial charge in [0.25, 0.3) is 5.91 Å². The van der Waals surface area contributed by atoms with Gasteiger partial charge in [-0.25, -0.2) is 4.79 Å². The second kappa shape index (κ2) is 9.37. The number of esters is 1. The van der Waals surface area contributed by atoms with Crippen molar-refractivity contribution >= 4 is 29.2 Å². The molecule has 0 fully saturated rings. The van der Waals surface area contributed by atoms with E-state index in [0.29, 0.717) is 12.3 Å². The first-order valence-electron chi connectivity index (χ1n) is 7.32. The smallest absolute Gasteiger partial charge is 0.341 e. The molecule has 0 aromatic heterocycles. The summed E-state index contributed by atoms with van der Waals surface area (Å²) in [7, 11) is 2.68. The third kappa shape index (κ3) is 5.41. The molecule has 1 atom stereocenters. The fraction of sp³-hybridized carbons (Fsp3) is 0.500. The quantitative estimate of drug-likeness (QED) is 0.579. The van der Waals surface area contributed by atoms with Gasteiger partial charge in [-0.05, 0) is 19.4 Å². The number of carbonyl (C=O) groups excluding carboxylic acids is 2. The highest BCUT2D eigenvalue weighted by atomic mass is 35.5. The zero-order valence-electron chi connectivity index (χ0n) is 13.8. The molecular formula is C16H22ClNO5. The van der Waals surface area contributed by atoms with Crippen LogP contribution < -0.4 is 10.1 Å². The number of methoxy groups -OCH3 is 2. The number of hydrogen-bond donors (Lipinski definition) is 1. The van der Waals surface area contributed by atoms with E-state index in [0.717, 1.165) is 12.8 Å². The number of carbonyl (C=O) groups is 2. The summed E-state index contributed by atoms with van der Waals surface area (Å²) in [6.45, 7) is 4.23. The summed E-state index contributed by atoms with van der Waals surface area (Å²) >= 11 is 6.12. The number of rotatable bonds is 8. The van der Waals surface area contributed by atoms with Gasteiger partial charge in [-0.15, -0.1) is 0 Å². The highest BCUT2D eigenvalue weighted by Gasteiger charge is 2.19. The average molecular weight is 344 g/mol. The van der Waals surface area contributed by atoms with Crippen molar-refractivity contribution in [3.8, 4) is 5.75 Å². The van der Waals surface area contributed by atoms with Crippen LogP contribution in [-0.2, 0) is 14.3 Å². The van der Waals surface area contributed by atoms with Gasteiger partial charge in [0.1, 0.15) is 17.4 Å². The van der Waals surface area contributed by atoms with Crippen LogP contribution in [0.15, 0.2) is 12.1 Å². The maximum absolute atomic E-state index is 12.1. The highest BCUT2D eigenvalue weighted by molar-refractivity contribution is 6.34.